The van der Waals surface area contributed by atoms with Crippen LogP contribution in [-0.2, 0) is 4.79 Å². The van der Waals surface area contributed by atoms with Crippen LogP contribution in [0.15, 0.2) is 47.8 Å². The Kier molecular flexibility index (Phi) is 8.16. The Bertz CT molecular complexity index is 881. The third-order valence-electron chi connectivity index (χ3n) is 5.80. The molecule has 0 bridgehead atoms. The Morgan fingerprint density at radius 3 is 2.68 bits per heavy atom. The lowest BCUT2D eigenvalue weighted by Crippen LogP contribution is -2.49. The van der Waals surface area contributed by atoms with E-state index in [-0.39, 0.29) is 5.78 Å². The summed E-state index contributed by atoms with van der Waals surface area (Å²) < 4.78 is 10.9. The first-order valence-corrected chi connectivity index (χ1v) is 11.9. The Morgan fingerprint density at radius 2 is 2.06 bits per heavy atom. The minimum absolute atomic E-state index is 0.0332. The van der Waals surface area contributed by atoms with Crippen LogP contribution in [0.5, 0.6) is 11.5 Å². The van der Waals surface area contributed by atoms with Gasteiger partial charge < -0.3 is 24.6 Å². The number of carbonyl (C=O) groups is 1. The van der Waals surface area contributed by atoms with Crippen molar-refractivity contribution >= 4 is 20.3 Å². The first-order valence-electron chi connectivity index (χ1n) is 10.8. The monoisotopic (exact) mass is 443 g/mol. The quantitative estimate of drug-likeness (QED) is 0.486. The SMILES string of the molecule is C/C=C(\PC1C(CC)=CC(N2CCN[C@H](C)C2)=CN1C=O)c1ccc(OC)c(OC)c1. The molecule has 0 spiro atoms. The summed E-state index contributed by atoms with van der Waals surface area (Å²) in [6.07, 6.45) is 8.31. The maximum absolute atomic E-state index is 12.1. The summed E-state index contributed by atoms with van der Waals surface area (Å²) in [5.74, 6) is 1.45. The van der Waals surface area contributed by atoms with Gasteiger partial charge in [0.1, 0.15) is 0 Å². The van der Waals surface area contributed by atoms with E-state index in [9.17, 15) is 4.79 Å². The van der Waals surface area contributed by atoms with E-state index in [0.29, 0.717) is 26.1 Å². The summed E-state index contributed by atoms with van der Waals surface area (Å²) in [4.78, 5) is 16.3. The standard InChI is InChI=1S/C24H34N3O3P/c1-6-18-12-20(26-11-10-25-17(3)14-26)15-27(16-28)24(18)31-23(7-2)19-8-9-21(29-4)22(13-19)30-5/h7-9,12-13,15-17,24-25,31H,6,10-11,14H2,1-5H3/b23-7-/t17-,24?/m1/s1. The first-order chi connectivity index (χ1) is 15.0. The molecule has 2 aliphatic heterocycles. The maximum Gasteiger partial charge on any atom is 0.214 e. The van der Waals surface area contributed by atoms with E-state index in [4.69, 9.17) is 9.47 Å². The number of nitrogens with zero attached hydrogens (tertiary/aromatic N) is 2. The van der Waals surface area contributed by atoms with Crippen molar-refractivity contribution in [2.24, 2.45) is 0 Å². The minimum atomic E-state index is 0.0332. The molecule has 0 saturated carbocycles. The lowest BCUT2D eigenvalue weighted by Gasteiger charge is -2.39. The van der Waals surface area contributed by atoms with Crippen molar-refractivity contribution < 1.29 is 14.3 Å². The zero-order chi connectivity index (χ0) is 22.4. The number of allylic oxidation sites excluding steroid dienone is 2. The molecule has 0 radical (unpaired) electrons. The van der Waals surface area contributed by atoms with Gasteiger partial charge in [-0.05, 0) is 54.9 Å². The van der Waals surface area contributed by atoms with Crippen molar-refractivity contribution in [1.29, 1.82) is 0 Å². The molecule has 168 valence electrons. The second-order valence-corrected chi connectivity index (χ2v) is 9.17. The summed E-state index contributed by atoms with van der Waals surface area (Å²) in [6, 6.07) is 6.43. The smallest absolute Gasteiger partial charge is 0.214 e. The van der Waals surface area contributed by atoms with E-state index in [1.54, 1.807) is 14.2 Å². The van der Waals surface area contributed by atoms with Crippen LogP contribution in [0.1, 0.15) is 32.8 Å². The fourth-order valence-electron chi connectivity index (χ4n) is 4.10. The Labute approximate surface area is 187 Å². The number of ether oxygens (including phenoxy) is 2. The van der Waals surface area contributed by atoms with Crippen LogP contribution >= 0.6 is 8.58 Å². The van der Waals surface area contributed by atoms with Crippen molar-refractivity contribution in [2.45, 2.75) is 39.0 Å². The lowest BCUT2D eigenvalue weighted by atomic mass is 10.1. The van der Waals surface area contributed by atoms with Gasteiger partial charge in [-0.15, -0.1) is 0 Å². The second-order valence-electron chi connectivity index (χ2n) is 7.80. The van der Waals surface area contributed by atoms with Gasteiger partial charge in [-0.2, -0.15) is 0 Å². The van der Waals surface area contributed by atoms with Gasteiger partial charge in [-0.25, -0.2) is 0 Å². The molecule has 0 aromatic heterocycles. The topological polar surface area (TPSA) is 54.0 Å². The fourth-order valence-corrected chi connectivity index (χ4v) is 5.64. The predicted octanol–water partition coefficient (Wildman–Crippen LogP) is 4.01. The molecule has 3 atom stereocenters. The summed E-state index contributed by atoms with van der Waals surface area (Å²) in [5, 5.41) is 4.68. The predicted molar refractivity (Wildman–Crippen MR) is 129 cm³/mol. The number of amides is 1. The molecule has 3 rings (SSSR count). The lowest BCUT2D eigenvalue weighted by molar-refractivity contribution is -0.116. The Balaban J connectivity index is 1.86. The van der Waals surface area contributed by atoms with Gasteiger partial charge in [0.2, 0.25) is 6.41 Å². The summed E-state index contributed by atoms with van der Waals surface area (Å²) in [5.41, 5.74) is 3.51. The highest BCUT2D eigenvalue weighted by Crippen LogP contribution is 2.45. The summed E-state index contributed by atoms with van der Waals surface area (Å²) >= 11 is 0. The Hall–Kier alpha value is -2.30. The van der Waals surface area contributed by atoms with Gasteiger partial charge in [0, 0.05) is 31.9 Å². The molecule has 0 aliphatic carbocycles. The van der Waals surface area contributed by atoms with Gasteiger partial charge in [0.25, 0.3) is 0 Å². The molecule has 1 fully saturated rings. The van der Waals surface area contributed by atoms with E-state index in [1.165, 1.54) is 10.9 Å². The first kappa shape index (κ1) is 23.4. The molecule has 2 aliphatic rings. The zero-order valence-corrected chi connectivity index (χ0v) is 20.1. The van der Waals surface area contributed by atoms with Gasteiger partial charge in [-0.3, -0.25) is 4.79 Å². The van der Waals surface area contributed by atoms with E-state index in [1.807, 2.05) is 30.2 Å². The molecular weight excluding hydrogens is 409 g/mol. The molecule has 1 aromatic carbocycles. The summed E-state index contributed by atoms with van der Waals surface area (Å²) in [6.45, 7) is 9.28. The molecule has 1 saturated heterocycles. The molecule has 2 heterocycles. The highest BCUT2D eigenvalue weighted by molar-refractivity contribution is 7.51. The highest BCUT2D eigenvalue weighted by Gasteiger charge is 2.28. The number of hydrogen-bond donors (Lipinski definition) is 1. The van der Waals surface area contributed by atoms with Gasteiger partial charge in [-0.1, -0.05) is 27.6 Å². The van der Waals surface area contributed by atoms with Crippen LogP contribution in [0, 0.1) is 0 Å². The van der Waals surface area contributed by atoms with Crippen LogP contribution in [0.2, 0.25) is 0 Å². The maximum atomic E-state index is 12.1. The van der Waals surface area contributed by atoms with Gasteiger partial charge >= 0.3 is 0 Å². The second kappa shape index (κ2) is 10.8. The zero-order valence-electron chi connectivity index (χ0n) is 19.1. The van der Waals surface area contributed by atoms with Crippen LogP contribution in [0.3, 0.4) is 0 Å². The van der Waals surface area contributed by atoms with Crippen molar-refractivity contribution in [3.8, 4) is 11.5 Å². The van der Waals surface area contributed by atoms with Gasteiger partial charge in [0.15, 0.2) is 11.5 Å². The molecule has 1 aromatic rings. The van der Waals surface area contributed by atoms with Crippen molar-refractivity contribution in [3.05, 3.63) is 53.4 Å². The molecule has 31 heavy (non-hydrogen) atoms. The van der Waals surface area contributed by atoms with E-state index < -0.39 is 0 Å². The van der Waals surface area contributed by atoms with E-state index in [0.717, 1.165) is 43.7 Å². The summed E-state index contributed by atoms with van der Waals surface area (Å²) in [7, 11) is 3.72. The number of piperazine rings is 1. The van der Waals surface area contributed by atoms with Crippen molar-refractivity contribution in [3.63, 3.8) is 0 Å². The van der Waals surface area contributed by atoms with Crippen molar-refractivity contribution in [2.75, 3.05) is 33.9 Å². The number of nitrogens with one attached hydrogen (secondary N) is 1. The molecule has 1 amide bonds. The minimum Gasteiger partial charge on any atom is -0.493 e. The van der Waals surface area contributed by atoms with Crippen LogP contribution in [0.4, 0.5) is 0 Å². The van der Waals surface area contributed by atoms with Crippen molar-refractivity contribution in [1.82, 2.24) is 15.1 Å². The Morgan fingerprint density at radius 1 is 1.29 bits per heavy atom. The third kappa shape index (κ3) is 5.31. The number of hydrogen-bond acceptors (Lipinski definition) is 5. The molecule has 7 heteroatoms. The molecule has 2 unspecified atom stereocenters. The van der Waals surface area contributed by atoms with Gasteiger partial charge in [0.05, 0.1) is 25.7 Å². The number of carbonyl (C=O) groups excluding carboxylic acids is 1. The fraction of sp³-hybridized carbons (Fsp3) is 0.458. The average molecular weight is 444 g/mol. The molecule has 6 nitrogen and oxygen atoms in total. The van der Waals surface area contributed by atoms with Crippen LogP contribution in [0.25, 0.3) is 5.31 Å². The normalized spacial score (nSPS) is 22.4. The number of methoxy groups -OCH3 is 2. The molecule has 1 N–H and O–H groups in total. The number of rotatable bonds is 8. The van der Waals surface area contributed by atoms with E-state index >= 15 is 0 Å². The third-order valence-corrected chi connectivity index (χ3v) is 7.63. The molecular formula is C24H34N3O3P. The van der Waals surface area contributed by atoms with Crippen LogP contribution in [-0.4, -0.2) is 61.9 Å². The number of benzene rings is 1. The highest BCUT2D eigenvalue weighted by atomic mass is 31.1. The van der Waals surface area contributed by atoms with Crippen LogP contribution < -0.4 is 14.8 Å². The van der Waals surface area contributed by atoms with E-state index in [2.05, 4.69) is 42.3 Å². The largest absolute Gasteiger partial charge is 0.493 e. The average Bonchev–Trinajstić information content (AvgIpc) is 2.81.